The predicted octanol–water partition coefficient (Wildman–Crippen LogP) is 3.52. The summed E-state index contributed by atoms with van der Waals surface area (Å²) < 4.78 is 25.8. The van der Waals surface area contributed by atoms with Gasteiger partial charge in [-0.05, 0) is 29.1 Å². The van der Waals surface area contributed by atoms with E-state index in [0.717, 1.165) is 5.56 Å². The number of methoxy groups -OCH3 is 1. The van der Waals surface area contributed by atoms with Crippen molar-refractivity contribution in [1.29, 1.82) is 0 Å². The van der Waals surface area contributed by atoms with Crippen LogP contribution in [0, 0.1) is 5.82 Å². The van der Waals surface area contributed by atoms with Gasteiger partial charge in [-0.2, -0.15) is 0 Å². The largest absolute Gasteiger partial charge is 0.492 e. The molecule has 0 bridgehead atoms. The Kier molecular flexibility index (Phi) is 7.02. The molecule has 32 heavy (non-hydrogen) atoms. The molecule has 1 aliphatic heterocycles. The first kappa shape index (κ1) is 22.2. The Morgan fingerprint density at radius 1 is 1.16 bits per heavy atom. The second-order valence-corrected chi connectivity index (χ2v) is 8.67. The average Bonchev–Trinajstić information content (AvgIpc) is 3.22. The van der Waals surface area contributed by atoms with Crippen molar-refractivity contribution in [3.8, 4) is 5.75 Å². The molecule has 168 valence electrons. The van der Waals surface area contributed by atoms with Crippen LogP contribution < -0.4 is 10.3 Å². The maximum Gasteiger partial charge on any atom is 0.343 e. The zero-order valence-corrected chi connectivity index (χ0v) is 18.7. The van der Waals surface area contributed by atoms with Crippen LogP contribution in [0.4, 0.5) is 4.39 Å². The minimum absolute atomic E-state index is 0.192. The van der Waals surface area contributed by atoms with Gasteiger partial charge in [0, 0.05) is 55.7 Å². The van der Waals surface area contributed by atoms with Crippen molar-refractivity contribution in [2.45, 2.75) is 25.9 Å². The van der Waals surface area contributed by atoms with Crippen LogP contribution in [0.3, 0.4) is 0 Å². The molecule has 3 aromatic rings. The average molecular weight is 457 g/mol. The smallest absolute Gasteiger partial charge is 0.343 e. The second-order valence-electron chi connectivity index (χ2n) is 7.64. The van der Waals surface area contributed by atoms with Crippen molar-refractivity contribution in [3.05, 3.63) is 85.7 Å². The van der Waals surface area contributed by atoms with Gasteiger partial charge in [-0.15, -0.1) is 11.3 Å². The van der Waals surface area contributed by atoms with Gasteiger partial charge < -0.3 is 14.0 Å². The van der Waals surface area contributed by atoms with E-state index in [4.69, 9.17) is 9.47 Å². The molecule has 0 aliphatic carbocycles. The maximum absolute atomic E-state index is 13.2. The highest BCUT2D eigenvalue weighted by Crippen LogP contribution is 2.25. The number of aromatic nitrogens is 1. The van der Waals surface area contributed by atoms with E-state index in [1.807, 2.05) is 17.5 Å². The van der Waals surface area contributed by atoms with Crippen LogP contribution in [0.25, 0.3) is 0 Å². The molecule has 0 unspecified atom stereocenters. The summed E-state index contributed by atoms with van der Waals surface area (Å²) in [6, 6.07) is 11.8. The summed E-state index contributed by atoms with van der Waals surface area (Å²) >= 11 is 1.64. The molecule has 2 aromatic heterocycles. The molecular formula is C24H25FN2O4S. The molecule has 0 N–H and O–H groups in total. The fourth-order valence-electron chi connectivity index (χ4n) is 3.95. The van der Waals surface area contributed by atoms with Gasteiger partial charge >= 0.3 is 5.97 Å². The van der Waals surface area contributed by atoms with Crippen LogP contribution in [0.2, 0.25) is 0 Å². The van der Waals surface area contributed by atoms with Crippen molar-refractivity contribution in [3.63, 3.8) is 0 Å². The highest BCUT2D eigenvalue weighted by molar-refractivity contribution is 7.09. The molecule has 0 amide bonds. The van der Waals surface area contributed by atoms with Gasteiger partial charge in [0.25, 0.3) is 5.56 Å². The molecular weight excluding hydrogens is 431 g/mol. The third kappa shape index (κ3) is 5.08. The Labute approximate surface area is 189 Å². The van der Waals surface area contributed by atoms with Gasteiger partial charge in [0.15, 0.2) is 0 Å². The van der Waals surface area contributed by atoms with Crippen molar-refractivity contribution in [2.24, 2.45) is 0 Å². The zero-order valence-electron chi connectivity index (χ0n) is 17.9. The van der Waals surface area contributed by atoms with E-state index in [-0.39, 0.29) is 17.1 Å². The quantitative estimate of drug-likeness (QED) is 0.509. The fraction of sp³-hybridized carbons (Fsp3) is 0.333. The number of hydrogen-bond donors (Lipinski definition) is 0. The molecule has 0 radical (unpaired) electrons. The Morgan fingerprint density at radius 3 is 2.69 bits per heavy atom. The molecule has 0 fully saturated rings. The lowest BCUT2D eigenvalue weighted by Crippen LogP contribution is -2.29. The summed E-state index contributed by atoms with van der Waals surface area (Å²) in [7, 11) is 1.33. The molecule has 4 rings (SSSR count). The number of halogens is 1. The van der Waals surface area contributed by atoms with E-state index in [1.165, 1.54) is 30.2 Å². The molecule has 0 saturated heterocycles. The first-order valence-corrected chi connectivity index (χ1v) is 11.4. The number of fused-ring (bicyclic) bond motifs is 1. The lowest BCUT2D eigenvalue weighted by molar-refractivity contribution is 0.0593. The number of hydrogen-bond acceptors (Lipinski definition) is 6. The van der Waals surface area contributed by atoms with E-state index < -0.39 is 5.97 Å². The maximum atomic E-state index is 13.2. The van der Waals surface area contributed by atoms with Crippen molar-refractivity contribution in [1.82, 2.24) is 9.47 Å². The number of ether oxygens (including phenoxy) is 2. The second kappa shape index (κ2) is 10.1. The summed E-state index contributed by atoms with van der Waals surface area (Å²) in [6.45, 7) is 2.75. The normalized spacial score (nSPS) is 13.9. The summed E-state index contributed by atoms with van der Waals surface area (Å²) in [6.07, 6.45) is 1.20. The van der Waals surface area contributed by atoms with Gasteiger partial charge in [-0.25, -0.2) is 9.18 Å². The van der Waals surface area contributed by atoms with E-state index >= 15 is 0 Å². The monoisotopic (exact) mass is 456 g/mol. The molecule has 3 heterocycles. The number of carbonyl (C=O) groups is 1. The Balaban J connectivity index is 1.55. The highest BCUT2D eigenvalue weighted by Gasteiger charge is 2.26. The minimum atomic E-state index is -0.508. The van der Waals surface area contributed by atoms with Gasteiger partial charge in [0.1, 0.15) is 17.1 Å². The summed E-state index contributed by atoms with van der Waals surface area (Å²) in [4.78, 5) is 28.9. The molecule has 8 heteroatoms. The van der Waals surface area contributed by atoms with Crippen LogP contribution in [0.1, 0.15) is 26.5 Å². The molecule has 6 nitrogen and oxygen atoms in total. The van der Waals surface area contributed by atoms with Crippen molar-refractivity contribution < 1.29 is 18.7 Å². The number of pyridine rings is 1. The lowest BCUT2D eigenvalue weighted by atomic mass is 10.1. The highest BCUT2D eigenvalue weighted by atomic mass is 32.1. The van der Waals surface area contributed by atoms with Gasteiger partial charge in [0.2, 0.25) is 0 Å². The first-order chi connectivity index (χ1) is 15.5. The summed E-state index contributed by atoms with van der Waals surface area (Å²) in [5, 5.41) is 2.00. The number of nitrogens with zero attached hydrogens (tertiary/aromatic N) is 2. The van der Waals surface area contributed by atoms with Gasteiger partial charge in [-0.1, -0.05) is 18.2 Å². The van der Waals surface area contributed by atoms with Crippen LogP contribution in [0.15, 0.2) is 52.6 Å². The number of benzene rings is 1. The number of thiophene rings is 1. The van der Waals surface area contributed by atoms with Crippen LogP contribution in [-0.4, -0.2) is 42.2 Å². The van der Waals surface area contributed by atoms with Crippen LogP contribution >= 0.6 is 11.3 Å². The summed E-state index contributed by atoms with van der Waals surface area (Å²) in [5.41, 5.74) is 1.76. The van der Waals surface area contributed by atoms with E-state index in [1.54, 1.807) is 28.0 Å². The van der Waals surface area contributed by atoms with Crippen LogP contribution in [-0.2, 0) is 30.7 Å². The minimum Gasteiger partial charge on any atom is -0.492 e. The molecule has 1 aliphatic rings. The Bertz CT molecular complexity index is 1130. The Morgan fingerprint density at radius 2 is 1.97 bits per heavy atom. The number of rotatable bonds is 7. The Hall–Kier alpha value is -2.97. The van der Waals surface area contributed by atoms with Crippen LogP contribution in [0.5, 0.6) is 5.75 Å². The van der Waals surface area contributed by atoms with E-state index in [2.05, 4.69) is 4.90 Å². The lowest BCUT2D eigenvalue weighted by Gasteiger charge is -2.19. The molecule has 1 aromatic carbocycles. The third-order valence-corrected chi connectivity index (χ3v) is 6.52. The fourth-order valence-corrected chi connectivity index (χ4v) is 4.64. The van der Waals surface area contributed by atoms with Crippen molar-refractivity contribution >= 4 is 17.3 Å². The first-order valence-electron chi connectivity index (χ1n) is 10.5. The van der Waals surface area contributed by atoms with Gasteiger partial charge in [0.05, 0.1) is 13.7 Å². The van der Waals surface area contributed by atoms with Gasteiger partial charge in [-0.3, -0.25) is 9.69 Å². The van der Waals surface area contributed by atoms with Crippen molar-refractivity contribution in [2.75, 3.05) is 26.8 Å². The topological polar surface area (TPSA) is 60.8 Å². The van der Waals surface area contributed by atoms with E-state index in [9.17, 15) is 14.0 Å². The SMILES string of the molecule is COC(=O)c1c(OCCc2cccs2)cc(=O)n2c1CCN(Cc1ccc(F)cc1)CC2. The number of esters is 1. The molecule has 0 spiro atoms. The summed E-state index contributed by atoms with van der Waals surface area (Å²) in [5.74, 6) is -0.499. The molecule has 0 saturated carbocycles. The molecule has 0 atom stereocenters. The zero-order chi connectivity index (χ0) is 22.5. The predicted molar refractivity (Wildman–Crippen MR) is 121 cm³/mol. The van der Waals surface area contributed by atoms with E-state index in [0.29, 0.717) is 56.9 Å². The third-order valence-electron chi connectivity index (χ3n) is 5.58. The standard InChI is InChI=1S/C24H25FN2O4S/c1-30-24(29)23-20-8-10-26(16-17-4-6-18(25)7-5-17)11-12-27(20)22(28)15-21(23)31-13-9-19-3-2-14-32-19/h2-7,14-15H,8-13,16H2,1H3. The number of carbonyl (C=O) groups excluding carboxylic acids is 1.